The first-order chi connectivity index (χ1) is 5.95. The summed E-state index contributed by atoms with van der Waals surface area (Å²) in [5.41, 5.74) is 0. The zero-order valence-electron chi connectivity index (χ0n) is 6.94. The highest BCUT2D eigenvalue weighted by Gasteiger charge is 2.46. The fraction of sp³-hybridized carbons (Fsp3) is 0.833. The van der Waals surface area contributed by atoms with Gasteiger partial charge in [0.05, 0.1) is 0 Å². The topological polar surface area (TPSA) is 159 Å². The van der Waals surface area contributed by atoms with Crippen LogP contribution in [-0.2, 0) is 9.53 Å². The Labute approximate surface area is 78.3 Å². The summed E-state index contributed by atoms with van der Waals surface area (Å²) in [5.74, 6) is -1.52. The van der Waals surface area contributed by atoms with E-state index >= 15 is 0 Å². The van der Waals surface area contributed by atoms with E-state index in [1.54, 1.807) is 0 Å². The molecule has 1 rings (SSSR count). The number of hydrogen-bond donors (Lipinski definition) is 5. The molecule has 14 heavy (non-hydrogen) atoms. The van der Waals surface area contributed by atoms with Crippen LogP contribution in [-0.4, -0.2) is 67.7 Å². The molecule has 0 saturated carbocycles. The molecule has 1 unspecified atom stereocenters. The van der Waals surface area contributed by atoms with Gasteiger partial charge in [0.2, 0.25) is 0 Å². The van der Waals surface area contributed by atoms with Crippen LogP contribution in [0.3, 0.4) is 0 Å². The van der Waals surface area contributed by atoms with Crippen LogP contribution in [0.1, 0.15) is 0 Å². The van der Waals surface area contributed by atoms with Crippen molar-refractivity contribution >= 4 is 5.97 Å². The first kappa shape index (κ1) is 13.2. The van der Waals surface area contributed by atoms with Crippen LogP contribution in [0, 0.1) is 0 Å². The van der Waals surface area contributed by atoms with Gasteiger partial charge in [0.15, 0.2) is 12.4 Å². The molecule has 0 amide bonds. The van der Waals surface area contributed by atoms with Gasteiger partial charge in [-0.1, -0.05) is 0 Å². The molecule has 1 aliphatic heterocycles. The summed E-state index contributed by atoms with van der Waals surface area (Å²) >= 11 is 0. The normalized spacial score (nSPS) is 42.7. The number of hydrogen-bond acceptors (Lipinski definition) is 6. The molecule has 7 N–H and O–H groups in total. The van der Waals surface area contributed by atoms with Gasteiger partial charge in [-0.2, -0.15) is 0 Å². The third-order valence-corrected chi connectivity index (χ3v) is 1.83. The Balaban J connectivity index is 0.00000169. The third-order valence-electron chi connectivity index (χ3n) is 1.83. The second-order valence-corrected chi connectivity index (χ2v) is 2.76. The van der Waals surface area contributed by atoms with Crippen molar-refractivity contribution in [2.24, 2.45) is 0 Å². The van der Waals surface area contributed by atoms with E-state index in [9.17, 15) is 4.79 Å². The highest BCUT2D eigenvalue weighted by Crippen LogP contribution is 2.19. The number of carboxylic acids is 1. The van der Waals surface area contributed by atoms with Crippen LogP contribution in [0.5, 0.6) is 0 Å². The smallest absolute Gasteiger partial charge is 0.335 e. The van der Waals surface area contributed by atoms with Gasteiger partial charge in [0.1, 0.15) is 18.3 Å². The first-order valence-corrected chi connectivity index (χ1v) is 3.55. The predicted molar refractivity (Wildman–Crippen MR) is 40.1 cm³/mol. The molecular weight excluding hydrogens is 200 g/mol. The van der Waals surface area contributed by atoms with E-state index in [1.165, 1.54) is 0 Å². The van der Waals surface area contributed by atoms with E-state index in [0.29, 0.717) is 0 Å². The first-order valence-electron chi connectivity index (χ1n) is 3.55. The fourth-order valence-corrected chi connectivity index (χ4v) is 1.07. The van der Waals surface area contributed by atoms with Crippen molar-refractivity contribution in [3.8, 4) is 0 Å². The largest absolute Gasteiger partial charge is 0.479 e. The van der Waals surface area contributed by atoms with Gasteiger partial charge < -0.3 is 35.7 Å². The number of ether oxygens (including phenoxy) is 1. The van der Waals surface area contributed by atoms with Crippen LogP contribution >= 0.6 is 0 Å². The lowest BCUT2D eigenvalue weighted by Gasteiger charge is -2.36. The summed E-state index contributed by atoms with van der Waals surface area (Å²) in [4.78, 5) is 10.4. The Morgan fingerprint density at radius 3 is 1.93 bits per heavy atom. The summed E-state index contributed by atoms with van der Waals surface area (Å²) in [7, 11) is 0. The molecule has 8 nitrogen and oxygen atoms in total. The van der Waals surface area contributed by atoms with Crippen molar-refractivity contribution in [1.82, 2.24) is 0 Å². The molecule has 0 aliphatic carbocycles. The molecule has 0 aromatic rings. The minimum Gasteiger partial charge on any atom is -0.479 e. The fourth-order valence-electron chi connectivity index (χ4n) is 1.07. The molecule has 5 atom stereocenters. The number of aliphatic hydroxyl groups excluding tert-OH is 4. The van der Waals surface area contributed by atoms with E-state index in [2.05, 4.69) is 4.74 Å². The van der Waals surface area contributed by atoms with E-state index in [-0.39, 0.29) is 5.48 Å². The molecule has 84 valence electrons. The average molecular weight is 212 g/mol. The monoisotopic (exact) mass is 212 g/mol. The lowest BCUT2D eigenvalue weighted by molar-refractivity contribution is -0.279. The number of rotatable bonds is 1. The molecular formula is C6H12O8. The molecule has 1 aliphatic rings. The predicted octanol–water partition coefficient (Wildman–Crippen LogP) is -3.95. The van der Waals surface area contributed by atoms with Gasteiger partial charge in [0, 0.05) is 0 Å². The Morgan fingerprint density at radius 1 is 1.00 bits per heavy atom. The van der Waals surface area contributed by atoms with Crippen molar-refractivity contribution in [1.29, 1.82) is 0 Å². The molecule has 0 spiro atoms. The van der Waals surface area contributed by atoms with E-state index in [4.69, 9.17) is 25.5 Å². The van der Waals surface area contributed by atoms with Crippen molar-refractivity contribution in [3.63, 3.8) is 0 Å². The number of aliphatic carboxylic acids is 1. The van der Waals surface area contributed by atoms with E-state index < -0.39 is 36.7 Å². The van der Waals surface area contributed by atoms with Gasteiger partial charge in [-0.25, -0.2) is 4.79 Å². The van der Waals surface area contributed by atoms with Gasteiger partial charge in [-0.15, -0.1) is 0 Å². The van der Waals surface area contributed by atoms with E-state index in [1.807, 2.05) is 0 Å². The maximum absolute atomic E-state index is 10.4. The van der Waals surface area contributed by atoms with Crippen LogP contribution in [0.2, 0.25) is 0 Å². The molecule has 8 heteroatoms. The lowest BCUT2D eigenvalue weighted by Crippen LogP contribution is -2.59. The number of aliphatic hydroxyl groups is 4. The van der Waals surface area contributed by atoms with E-state index in [0.717, 1.165) is 0 Å². The Bertz CT molecular complexity index is 206. The zero-order chi connectivity index (χ0) is 10.2. The van der Waals surface area contributed by atoms with Crippen LogP contribution in [0.25, 0.3) is 0 Å². The van der Waals surface area contributed by atoms with Crippen molar-refractivity contribution in [2.75, 3.05) is 0 Å². The Kier molecular flexibility index (Phi) is 4.39. The minimum absolute atomic E-state index is 0. The van der Waals surface area contributed by atoms with Crippen molar-refractivity contribution in [3.05, 3.63) is 0 Å². The van der Waals surface area contributed by atoms with Gasteiger partial charge in [-0.05, 0) is 0 Å². The molecule has 0 bridgehead atoms. The summed E-state index contributed by atoms with van der Waals surface area (Å²) in [6, 6.07) is 0. The van der Waals surface area contributed by atoms with Crippen LogP contribution in [0.4, 0.5) is 0 Å². The number of carbonyl (C=O) groups is 1. The SMILES string of the molecule is O.O=C(O)[C@H]1OC(O)[C@H](O)[C@@H](O)[C@H]1O. The third kappa shape index (κ3) is 2.18. The molecule has 1 heterocycles. The molecule has 1 saturated heterocycles. The standard InChI is InChI=1S/C6H10O7.H2O/c7-1-2(8)4(5(10)11)13-6(12)3(1)9;/h1-4,6-9,12H,(H,10,11);1H2/t1-,2+,3+,4-,6?;/m0./s1. The van der Waals surface area contributed by atoms with Crippen molar-refractivity contribution in [2.45, 2.75) is 30.7 Å². The van der Waals surface area contributed by atoms with Crippen LogP contribution < -0.4 is 0 Å². The summed E-state index contributed by atoms with van der Waals surface area (Å²) in [5, 5.41) is 44.4. The quantitative estimate of drug-likeness (QED) is 0.296. The Hall–Kier alpha value is -0.770. The Morgan fingerprint density at radius 2 is 1.50 bits per heavy atom. The number of carboxylic acid groups (broad SMARTS) is 1. The maximum atomic E-state index is 10.4. The second kappa shape index (κ2) is 4.64. The van der Waals surface area contributed by atoms with Crippen molar-refractivity contribution < 1.29 is 40.5 Å². The summed E-state index contributed by atoms with van der Waals surface area (Å²) in [6.07, 6.45) is -8.72. The van der Waals surface area contributed by atoms with Gasteiger partial charge >= 0.3 is 5.97 Å². The van der Waals surface area contributed by atoms with Gasteiger partial charge in [0.25, 0.3) is 0 Å². The highest BCUT2D eigenvalue weighted by molar-refractivity contribution is 5.73. The summed E-state index contributed by atoms with van der Waals surface area (Å²) in [6.45, 7) is 0. The van der Waals surface area contributed by atoms with Crippen LogP contribution in [0.15, 0.2) is 0 Å². The molecule has 1 fully saturated rings. The maximum Gasteiger partial charge on any atom is 0.335 e. The van der Waals surface area contributed by atoms with Gasteiger partial charge in [-0.3, -0.25) is 0 Å². The summed E-state index contributed by atoms with van der Waals surface area (Å²) < 4.78 is 4.34. The highest BCUT2D eigenvalue weighted by atomic mass is 16.6. The molecule has 0 aromatic heterocycles. The molecule has 0 aromatic carbocycles. The second-order valence-electron chi connectivity index (χ2n) is 2.76. The average Bonchev–Trinajstić information content (AvgIpc) is 2.07. The zero-order valence-corrected chi connectivity index (χ0v) is 6.94. The minimum atomic E-state index is -1.81. The molecule has 0 radical (unpaired) electrons. The lowest BCUT2D eigenvalue weighted by atomic mass is 9.99.